The highest BCUT2D eigenvalue weighted by molar-refractivity contribution is 7.91. The Kier molecular flexibility index (Phi) is 6.71. The second-order valence-corrected chi connectivity index (χ2v) is 12.7. The Labute approximate surface area is 192 Å². The molecule has 2 aliphatic rings. The number of thiophene rings is 1. The fourth-order valence-electron chi connectivity index (χ4n) is 3.82. The maximum absolute atomic E-state index is 12.8. The molecular formula is C20H25N3O6S3. The highest BCUT2D eigenvalue weighted by Gasteiger charge is 2.28. The van der Waals surface area contributed by atoms with Crippen LogP contribution in [0.15, 0.2) is 39.4 Å². The van der Waals surface area contributed by atoms with Gasteiger partial charge in [0, 0.05) is 43.7 Å². The molecule has 12 heteroatoms. The van der Waals surface area contributed by atoms with E-state index < -0.39 is 20.0 Å². The van der Waals surface area contributed by atoms with E-state index in [1.54, 1.807) is 23.1 Å². The smallest absolute Gasteiger partial charge is 0.252 e. The first-order valence-electron chi connectivity index (χ1n) is 10.3. The van der Waals surface area contributed by atoms with Crippen molar-refractivity contribution in [2.24, 2.45) is 0 Å². The van der Waals surface area contributed by atoms with Crippen molar-refractivity contribution in [2.75, 3.05) is 37.7 Å². The Balaban J connectivity index is 1.47. The molecule has 0 spiro atoms. The Bertz CT molecular complexity index is 1220. The number of hydrogen-bond donors (Lipinski definition) is 1. The summed E-state index contributed by atoms with van der Waals surface area (Å²) in [6, 6.07) is 7.90. The number of carbonyl (C=O) groups is 1. The third-order valence-electron chi connectivity index (χ3n) is 5.50. The summed E-state index contributed by atoms with van der Waals surface area (Å²) in [5, 5.41) is 0. The van der Waals surface area contributed by atoms with Crippen molar-refractivity contribution in [2.45, 2.75) is 35.4 Å². The van der Waals surface area contributed by atoms with Crippen LogP contribution in [-0.4, -0.2) is 59.9 Å². The fourth-order valence-corrected chi connectivity index (χ4v) is 7.83. The number of anilines is 1. The monoisotopic (exact) mass is 499 g/mol. The number of nitrogens with zero attached hydrogens (tertiary/aromatic N) is 2. The SMILES string of the molecule is CC(=O)N1CCCc2cc(S(=O)(=O)NCc3ccc(S(=O)(=O)N4CCOCC4)s3)ccc21. The first-order chi connectivity index (χ1) is 15.2. The summed E-state index contributed by atoms with van der Waals surface area (Å²) in [6.45, 7) is 3.45. The van der Waals surface area contributed by atoms with Crippen LogP contribution in [0.1, 0.15) is 23.8 Å². The fraction of sp³-hybridized carbons (Fsp3) is 0.450. The summed E-state index contributed by atoms with van der Waals surface area (Å²) < 4.78 is 60.5. The molecule has 9 nitrogen and oxygen atoms in total. The minimum absolute atomic E-state index is 0.0116. The molecule has 0 saturated carbocycles. The molecule has 3 heterocycles. The minimum atomic E-state index is -3.80. The molecular weight excluding hydrogens is 474 g/mol. The zero-order chi connectivity index (χ0) is 22.9. The van der Waals surface area contributed by atoms with Gasteiger partial charge in [-0.05, 0) is 48.7 Å². The van der Waals surface area contributed by atoms with Crippen LogP contribution in [0.5, 0.6) is 0 Å². The molecule has 0 atom stereocenters. The van der Waals surface area contributed by atoms with E-state index in [0.717, 1.165) is 29.0 Å². The number of aryl methyl sites for hydroxylation is 1. The van der Waals surface area contributed by atoms with Crippen LogP contribution < -0.4 is 9.62 Å². The molecule has 1 amide bonds. The molecule has 32 heavy (non-hydrogen) atoms. The van der Waals surface area contributed by atoms with Crippen LogP contribution in [0, 0.1) is 0 Å². The molecule has 4 rings (SSSR count). The normalized spacial score (nSPS) is 17.8. The van der Waals surface area contributed by atoms with Crippen molar-refractivity contribution in [3.05, 3.63) is 40.8 Å². The van der Waals surface area contributed by atoms with Crippen molar-refractivity contribution in [3.8, 4) is 0 Å². The number of ether oxygens (including phenoxy) is 1. The summed E-state index contributed by atoms with van der Waals surface area (Å²) in [4.78, 5) is 14.2. The van der Waals surface area contributed by atoms with Gasteiger partial charge in [0.2, 0.25) is 15.9 Å². The van der Waals surface area contributed by atoms with Gasteiger partial charge < -0.3 is 9.64 Å². The molecule has 174 valence electrons. The van der Waals surface area contributed by atoms with Crippen LogP contribution in [0.3, 0.4) is 0 Å². The number of hydrogen-bond acceptors (Lipinski definition) is 7. The molecule has 0 unspecified atom stereocenters. The quantitative estimate of drug-likeness (QED) is 0.645. The number of carbonyl (C=O) groups excluding carboxylic acids is 1. The number of fused-ring (bicyclic) bond motifs is 1. The van der Waals surface area contributed by atoms with E-state index >= 15 is 0 Å². The third kappa shape index (κ3) is 4.75. The average Bonchev–Trinajstić information content (AvgIpc) is 3.27. The van der Waals surface area contributed by atoms with Crippen molar-refractivity contribution in [1.29, 1.82) is 0 Å². The Morgan fingerprint density at radius 2 is 1.84 bits per heavy atom. The Morgan fingerprint density at radius 1 is 1.09 bits per heavy atom. The Morgan fingerprint density at radius 3 is 2.56 bits per heavy atom. The topological polar surface area (TPSA) is 113 Å². The summed E-state index contributed by atoms with van der Waals surface area (Å²) >= 11 is 1.05. The van der Waals surface area contributed by atoms with Gasteiger partial charge in [-0.1, -0.05) is 0 Å². The van der Waals surface area contributed by atoms with E-state index in [9.17, 15) is 21.6 Å². The number of rotatable bonds is 6. The van der Waals surface area contributed by atoms with Gasteiger partial charge >= 0.3 is 0 Å². The van der Waals surface area contributed by atoms with Gasteiger partial charge in [0.25, 0.3) is 10.0 Å². The maximum Gasteiger partial charge on any atom is 0.252 e. The molecule has 2 aromatic rings. The second kappa shape index (κ2) is 9.20. The van der Waals surface area contributed by atoms with Crippen molar-refractivity contribution in [1.82, 2.24) is 9.03 Å². The van der Waals surface area contributed by atoms with Crippen LogP contribution >= 0.6 is 11.3 Å². The van der Waals surface area contributed by atoms with Crippen LogP contribution in [-0.2, 0) is 42.5 Å². The standard InChI is InChI=1S/C20H25N3O6S3/c1-15(24)23-8-2-3-16-13-18(5-6-19(16)23)31(25,26)21-14-17-4-7-20(30-17)32(27,28)22-9-11-29-12-10-22/h4-7,13,21H,2-3,8-12,14H2,1H3. The number of amides is 1. The highest BCUT2D eigenvalue weighted by Crippen LogP contribution is 2.30. The summed E-state index contributed by atoms with van der Waals surface area (Å²) in [5.74, 6) is -0.0692. The molecule has 1 aromatic carbocycles. The zero-order valence-electron chi connectivity index (χ0n) is 17.6. The number of nitrogens with one attached hydrogen (secondary N) is 1. The molecule has 2 aliphatic heterocycles. The van der Waals surface area contributed by atoms with Crippen molar-refractivity contribution >= 4 is 43.0 Å². The summed E-state index contributed by atoms with van der Waals surface area (Å²) in [7, 11) is -7.41. The Hall–Kier alpha value is -1.83. The van der Waals surface area contributed by atoms with E-state index in [-0.39, 0.29) is 21.6 Å². The number of sulfonamides is 2. The summed E-state index contributed by atoms with van der Waals surface area (Å²) in [5.41, 5.74) is 1.57. The second-order valence-electron chi connectivity index (χ2n) is 7.63. The molecule has 0 bridgehead atoms. The van der Waals surface area contributed by atoms with Crippen molar-refractivity contribution < 1.29 is 26.4 Å². The van der Waals surface area contributed by atoms with Crippen LogP contribution in [0.2, 0.25) is 0 Å². The zero-order valence-corrected chi connectivity index (χ0v) is 20.1. The lowest BCUT2D eigenvalue weighted by Crippen LogP contribution is -2.40. The van der Waals surface area contributed by atoms with Crippen LogP contribution in [0.4, 0.5) is 5.69 Å². The predicted molar refractivity (Wildman–Crippen MR) is 121 cm³/mol. The van der Waals surface area contributed by atoms with Gasteiger partial charge in [-0.25, -0.2) is 21.6 Å². The number of morpholine rings is 1. The van der Waals surface area contributed by atoms with E-state index in [1.807, 2.05) is 0 Å². The van der Waals surface area contributed by atoms with Gasteiger partial charge in [0.05, 0.1) is 18.1 Å². The molecule has 1 saturated heterocycles. The first kappa shape index (κ1) is 23.3. The van der Waals surface area contributed by atoms with Gasteiger partial charge in [0.15, 0.2) is 0 Å². The lowest BCUT2D eigenvalue weighted by atomic mass is 10.0. The largest absolute Gasteiger partial charge is 0.379 e. The van der Waals surface area contributed by atoms with E-state index in [2.05, 4.69) is 4.72 Å². The van der Waals surface area contributed by atoms with E-state index in [0.29, 0.717) is 44.1 Å². The van der Waals surface area contributed by atoms with Gasteiger partial charge in [-0.3, -0.25) is 4.79 Å². The lowest BCUT2D eigenvalue weighted by molar-refractivity contribution is -0.116. The highest BCUT2D eigenvalue weighted by atomic mass is 32.2. The molecule has 1 N–H and O–H groups in total. The van der Waals surface area contributed by atoms with Gasteiger partial charge in [-0.2, -0.15) is 4.31 Å². The lowest BCUT2D eigenvalue weighted by Gasteiger charge is -2.28. The molecule has 0 aliphatic carbocycles. The summed E-state index contributed by atoms with van der Waals surface area (Å²) in [6.07, 6.45) is 1.48. The average molecular weight is 500 g/mol. The third-order valence-corrected chi connectivity index (χ3v) is 10.3. The first-order valence-corrected chi connectivity index (χ1v) is 14.0. The molecule has 1 aromatic heterocycles. The maximum atomic E-state index is 12.8. The van der Waals surface area contributed by atoms with Crippen molar-refractivity contribution in [3.63, 3.8) is 0 Å². The van der Waals surface area contributed by atoms with E-state index in [1.165, 1.54) is 23.4 Å². The van der Waals surface area contributed by atoms with E-state index in [4.69, 9.17) is 4.74 Å². The molecule has 0 radical (unpaired) electrons. The van der Waals surface area contributed by atoms with Gasteiger partial charge in [-0.15, -0.1) is 11.3 Å². The van der Waals surface area contributed by atoms with Crippen LogP contribution in [0.25, 0.3) is 0 Å². The molecule has 1 fully saturated rings. The van der Waals surface area contributed by atoms with Gasteiger partial charge in [0.1, 0.15) is 4.21 Å². The predicted octanol–water partition coefficient (Wildman–Crippen LogP) is 1.55. The number of benzene rings is 1. The minimum Gasteiger partial charge on any atom is -0.379 e.